The van der Waals surface area contributed by atoms with E-state index < -0.39 is 10.9 Å². The average molecular weight is 293 g/mol. The first-order chi connectivity index (χ1) is 10.0. The Labute approximate surface area is 120 Å². The van der Waals surface area contributed by atoms with E-state index in [9.17, 15) is 19.7 Å². The summed E-state index contributed by atoms with van der Waals surface area (Å²) in [6.07, 6.45) is 0.250. The molecule has 1 amide bonds. The second-order valence-electron chi connectivity index (χ2n) is 4.54. The molecule has 0 aliphatic carbocycles. The van der Waals surface area contributed by atoms with Gasteiger partial charge in [-0.25, -0.2) is 4.79 Å². The summed E-state index contributed by atoms with van der Waals surface area (Å²) in [7, 11) is 1.25. The van der Waals surface area contributed by atoms with Crippen molar-refractivity contribution in [3.05, 3.63) is 33.9 Å². The summed E-state index contributed by atoms with van der Waals surface area (Å²) in [5.74, 6) is -0.653. The van der Waals surface area contributed by atoms with Crippen LogP contribution in [0.4, 0.5) is 11.4 Å². The third-order valence-corrected chi connectivity index (χ3v) is 3.25. The Kier molecular flexibility index (Phi) is 4.36. The van der Waals surface area contributed by atoms with Crippen LogP contribution in [0, 0.1) is 10.1 Å². The van der Waals surface area contributed by atoms with Gasteiger partial charge in [-0.05, 0) is 12.1 Å². The van der Waals surface area contributed by atoms with Gasteiger partial charge in [0.2, 0.25) is 5.91 Å². The van der Waals surface area contributed by atoms with Crippen molar-refractivity contribution in [1.82, 2.24) is 5.32 Å². The summed E-state index contributed by atoms with van der Waals surface area (Å²) in [5, 5.41) is 13.8. The van der Waals surface area contributed by atoms with Crippen molar-refractivity contribution in [2.75, 3.05) is 31.6 Å². The Hall–Kier alpha value is -2.64. The van der Waals surface area contributed by atoms with Gasteiger partial charge < -0.3 is 15.0 Å². The lowest BCUT2D eigenvalue weighted by atomic mass is 10.1. The fraction of sp³-hybridized carbons (Fsp3) is 0.385. The van der Waals surface area contributed by atoms with Gasteiger partial charge in [0.1, 0.15) is 5.69 Å². The Balaban J connectivity index is 2.40. The largest absolute Gasteiger partial charge is 0.465 e. The molecule has 112 valence electrons. The van der Waals surface area contributed by atoms with Crippen molar-refractivity contribution >= 4 is 23.3 Å². The van der Waals surface area contributed by atoms with Crippen LogP contribution in [0.15, 0.2) is 18.2 Å². The molecule has 1 aromatic carbocycles. The zero-order valence-electron chi connectivity index (χ0n) is 11.5. The molecule has 1 aromatic rings. The van der Waals surface area contributed by atoms with Crippen LogP contribution in [0.2, 0.25) is 0 Å². The number of esters is 1. The molecule has 0 unspecified atom stereocenters. The van der Waals surface area contributed by atoms with Crippen LogP contribution in [0.1, 0.15) is 16.8 Å². The van der Waals surface area contributed by atoms with Crippen molar-refractivity contribution in [3.8, 4) is 0 Å². The molecule has 0 saturated carbocycles. The van der Waals surface area contributed by atoms with Gasteiger partial charge >= 0.3 is 5.97 Å². The number of methoxy groups -OCH3 is 1. The number of rotatable bonds is 3. The van der Waals surface area contributed by atoms with E-state index in [4.69, 9.17) is 0 Å². The van der Waals surface area contributed by atoms with Crippen LogP contribution < -0.4 is 10.2 Å². The molecular formula is C13H15N3O5. The minimum Gasteiger partial charge on any atom is -0.465 e. The lowest BCUT2D eigenvalue weighted by Crippen LogP contribution is -2.29. The summed E-state index contributed by atoms with van der Waals surface area (Å²) < 4.78 is 4.63. The number of carbonyl (C=O) groups is 2. The number of nitro groups is 1. The quantitative estimate of drug-likeness (QED) is 0.500. The number of benzene rings is 1. The van der Waals surface area contributed by atoms with Crippen LogP contribution in [0.3, 0.4) is 0 Å². The molecule has 8 heteroatoms. The number of ether oxygens (including phenoxy) is 1. The number of nitrogens with zero attached hydrogens (tertiary/aromatic N) is 2. The lowest BCUT2D eigenvalue weighted by molar-refractivity contribution is -0.384. The first-order valence-corrected chi connectivity index (χ1v) is 6.41. The monoisotopic (exact) mass is 293 g/mol. The molecule has 1 saturated heterocycles. The van der Waals surface area contributed by atoms with Gasteiger partial charge in [0, 0.05) is 32.1 Å². The van der Waals surface area contributed by atoms with Gasteiger partial charge in [-0.3, -0.25) is 14.9 Å². The van der Waals surface area contributed by atoms with E-state index in [1.54, 1.807) is 4.90 Å². The molecule has 1 fully saturated rings. The molecule has 0 aromatic heterocycles. The van der Waals surface area contributed by atoms with Crippen molar-refractivity contribution in [2.45, 2.75) is 6.42 Å². The molecule has 0 spiro atoms. The second-order valence-corrected chi connectivity index (χ2v) is 4.54. The van der Waals surface area contributed by atoms with Gasteiger partial charge in [-0.1, -0.05) is 0 Å². The first kappa shape index (κ1) is 14.8. The maximum atomic E-state index is 11.6. The summed E-state index contributed by atoms with van der Waals surface area (Å²) in [5.41, 5.74) is 0.457. The minimum absolute atomic E-state index is 0.0933. The van der Waals surface area contributed by atoms with Crippen molar-refractivity contribution in [2.24, 2.45) is 0 Å². The zero-order chi connectivity index (χ0) is 15.4. The Morgan fingerprint density at radius 2 is 2.19 bits per heavy atom. The number of nitrogens with one attached hydrogen (secondary N) is 1. The third kappa shape index (κ3) is 3.28. The normalized spacial score (nSPS) is 15.1. The number of anilines is 1. The molecule has 1 aliphatic heterocycles. The molecular weight excluding hydrogens is 278 g/mol. The summed E-state index contributed by atoms with van der Waals surface area (Å²) in [6, 6.07) is 4.07. The van der Waals surface area contributed by atoms with Gasteiger partial charge in [0.05, 0.1) is 17.6 Å². The number of hydrogen-bond donors (Lipinski definition) is 1. The molecule has 0 atom stereocenters. The number of carbonyl (C=O) groups excluding carboxylic acids is 2. The SMILES string of the molecule is COC(=O)c1ccc([N+](=O)[O-])c(N2CCNC(=O)CC2)c1. The maximum Gasteiger partial charge on any atom is 0.337 e. The fourth-order valence-corrected chi connectivity index (χ4v) is 2.18. The highest BCUT2D eigenvalue weighted by atomic mass is 16.6. The number of amides is 1. The molecule has 1 aliphatic rings. The van der Waals surface area contributed by atoms with Crippen LogP contribution in [-0.2, 0) is 9.53 Å². The van der Waals surface area contributed by atoms with Gasteiger partial charge in [0.15, 0.2) is 0 Å². The lowest BCUT2D eigenvalue weighted by Gasteiger charge is -2.22. The molecule has 0 bridgehead atoms. The Morgan fingerprint density at radius 3 is 2.86 bits per heavy atom. The van der Waals surface area contributed by atoms with E-state index in [0.29, 0.717) is 25.3 Å². The predicted octanol–water partition coefficient (Wildman–Crippen LogP) is 0.708. The fourth-order valence-electron chi connectivity index (χ4n) is 2.18. The number of hydrogen-bond acceptors (Lipinski definition) is 6. The molecule has 1 N–H and O–H groups in total. The van der Waals surface area contributed by atoms with Crippen LogP contribution in [0.25, 0.3) is 0 Å². The van der Waals surface area contributed by atoms with E-state index in [1.807, 2.05) is 0 Å². The smallest absolute Gasteiger partial charge is 0.337 e. The summed E-state index contributed by atoms with van der Waals surface area (Å²) >= 11 is 0. The Morgan fingerprint density at radius 1 is 1.43 bits per heavy atom. The highest BCUT2D eigenvalue weighted by Crippen LogP contribution is 2.30. The van der Waals surface area contributed by atoms with E-state index >= 15 is 0 Å². The maximum absolute atomic E-state index is 11.6. The molecule has 21 heavy (non-hydrogen) atoms. The van der Waals surface area contributed by atoms with Crippen molar-refractivity contribution in [1.29, 1.82) is 0 Å². The zero-order valence-corrected chi connectivity index (χ0v) is 11.5. The highest BCUT2D eigenvalue weighted by Gasteiger charge is 2.23. The van der Waals surface area contributed by atoms with Crippen LogP contribution in [-0.4, -0.2) is 43.5 Å². The topological polar surface area (TPSA) is 102 Å². The molecule has 1 heterocycles. The summed E-state index contributed by atoms with van der Waals surface area (Å²) in [6.45, 7) is 1.20. The Bertz CT molecular complexity index is 587. The first-order valence-electron chi connectivity index (χ1n) is 6.41. The van der Waals surface area contributed by atoms with E-state index in [-0.39, 0.29) is 23.6 Å². The van der Waals surface area contributed by atoms with E-state index in [1.165, 1.54) is 25.3 Å². The average Bonchev–Trinajstić information content (AvgIpc) is 2.70. The summed E-state index contributed by atoms with van der Waals surface area (Å²) in [4.78, 5) is 35.3. The predicted molar refractivity (Wildman–Crippen MR) is 74.3 cm³/mol. The van der Waals surface area contributed by atoms with Gasteiger partial charge in [-0.2, -0.15) is 0 Å². The molecule has 8 nitrogen and oxygen atoms in total. The van der Waals surface area contributed by atoms with Crippen LogP contribution >= 0.6 is 0 Å². The van der Waals surface area contributed by atoms with E-state index in [2.05, 4.69) is 10.1 Å². The van der Waals surface area contributed by atoms with Crippen LogP contribution in [0.5, 0.6) is 0 Å². The standard InChI is InChI=1S/C13H15N3O5/c1-21-13(18)9-2-3-10(16(19)20)11(8-9)15-6-4-12(17)14-5-7-15/h2-3,8H,4-7H2,1H3,(H,14,17). The van der Waals surface area contributed by atoms with E-state index in [0.717, 1.165) is 0 Å². The minimum atomic E-state index is -0.560. The van der Waals surface area contributed by atoms with Gasteiger partial charge in [-0.15, -0.1) is 0 Å². The van der Waals surface area contributed by atoms with Gasteiger partial charge in [0.25, 0.3) is 5.69 Å². The number of nitro benzene ring substituents is 1. The molecule has 0 radical (unpaired) electrons. The molecule has 2 rings (SSSR count). The highest BCUT2D eigenvalue weighted by molar-refractivity contribution is 5.91. The van der Waals surface area contributed by atoms with Crippen molar-refractivity contribution < 1.29 is 19.2 Å². The second kappa shape index (κ2) is 6.21. The van der Waals surface area contributed by atoms with Crippen molar-refractivity contribution in [3.63, 3.8) is 0 Å². The third-order valence-electron chi connectivity index (χ3n) is 3.25.